The van der Waals surface area contributed by atoms with E-state index in [1.807, 2.05) is 31.2 Å². The smallest absolute Gasteiger partial charge is 0.277 e. The highest BCUT2D eigenvalue weighted by Crippen LogP contribution is 2.30. The lowest BCUT2D eigenvalue weighted by Crippen LogP contribution is -2.06. The molecule has 0 aliphatic heterocycles. The molecule has 0 atom stereocenters. The summed E-state index contributed by atoms with van der Waals surface area (Å²) in [4.78, 5) is 0. The third kappa shape index (κ3) is 2.94. The van der Waals surface area contributed by atoms with Crippen LogP contribution in [-0.4, -0.2) is 14.6 Å². The van der Waals surface area contributed by atoms with Gasteiger partial charge in [-0.15, -0.1) is 10.2 Å². The highest BCUT2D eigenvalue weighted by atomic mass is 32.2. The van der Waals surface area contributed by atoms with Gasteiger partial charge in [-0.05, 0) is 30.2 Å². The summed E-state index contributed by atoms with van der Waals surface area (Å²) in [5, 5.41) is 8.32. The van der Waals surface area contributed by atoms with E-state index in [4.69, 9.17) is 0 Å². The van der Waals surface area contributed by atoms with Crippen molar-refractivity contribution in [3.8, 4) is 0 Å². The van der Waals surface area contributed by atoms with Crippen LogP contribution in [0.2, 0.25) is 0 Å². The molecular weight excluding hydrogens is 311 g/mol. The largest absolute Gasteiger partial charge is 0.417 e. The molecule has 0 bridgehead atoms. The fourth-order valence-electron chi connectivity index (χ4n) is 2.05. The molecule has 0 saturated heterocycles. The van der Waals surface area contributed by atoms with Gasteiger partial charge in [0.1, 0.15) is 0 Å². The summed E-state index contributed by atoms with van der Waals surface area (Å²) in [6.45, 7) is 2.00. The molecule has 0 saturated carbocycles. The molecular formula is C15H12F3N3S. The SMILES string of the molecule is Cc1ccccc1CSc1nnc2ccc(C(F)(F)F)cn12. The molecule has 114 valence electrons. The molecule has 7 heteroatoms. The highest BCUT2D eigenvalue weighted by Gasteiger charge is 2.31. The number of benzene rings is 1. The number of fused-ring (bicyclic) bond motifs is 1. The molecule has 22 heavy (non-hydrogen) atoms. The Bertz CT molecular complexity index is 811. The Morgan fingerprint density at radius 3 is 2.59 bits per heavy atom. The van der Waals surface area contributed by atoms with E-state index in [0.717, 1.165) is 23.4 Å². The number of aryl methyl sites for hydroxylation is 1. The number of rotatable bonds is 3. The second kappa shape index (κ2) is 5.64. The zero-order valence-electron chi connectivity index (χ0n) is 11.6. The number of hydrogen-bond donors (Lipinski definition) is 0. The van der Waals surface area contributed by atoms with Crippen LogP contribution < -0.4 is 0 Å². The van der Waals surface area contributed by atoms with Crippen LogP contribution in [0.5, 0.6) is 0 Å². The van der Waals surface area contributed by atoms with E-state index in [1.165, 1.54) is 22.2 Å². The van der Waals surface area contributed by atoms with Crippen molar-refractivity contribution in [2.45, 2.75) is 24.0 Å². The number of hydrogen-bond acceptors (Lipinski definition) is 3. The molecule has 0 fully saturated rings. The first-order valence-electron chi connectivity index (χ1n) is 6.54. The Morgan fingerprint density at radius 1 is 1.09 bits per heavy atom. The molecule has 0 aliphatic rings. The van der Waals surface area contributed by atoms with Crippen LogP contribution in [0.4, 0.5) is 13.2 Å². The number of aromatic nitrogens is 3. The molecule has 0 unspecified atom stereocenters. The predicted molar refractivity (Wildman–Crippen MR) is 78.7 cm³/mol. The number of pyridine rings is 1. The quantitative estimate of drug-likeness (QED) is 0.671. The molecule has 2 heterocycles. The first-order chi connectivity index (χ1) is 10.4. The zero-order chi connectivity index (χ0) is 15.7. The number of halogens is 3. The van der Waals surface area contributed by atoms with Crippen LogP contribution in [0.15, 0.2) is 47.8 Å². The predicted octanol–water partition coefficient (Wildman–Crippen LogP) is 4.35. The lowest BCUT2D eigenvalue weighted by molar-refractivity contribution is -0.137. The Kier molecular flexibility index (Phi) is 3.82. The van der Waals surface area contributed by atoms with E-state index < -0.39 is 11.7 Å². The standard InChI is InChI=1S/C15H12F3N3S/c1-10-4-2-3-5-11(10)9-22-14-20-19-13-7-6-12(8-21(13)14)15(16,17)18/h2-8H,9H2,1H3. The molecule has 3 nitrogen and oxygen atoms in total. The van der Waals surface area contributed by atoms with Crippen molar-refractivity contribution in [2.75, 3.05) is 0 Å². The van der Waals surface area contributed by atoms with Gasteiger partial charge >= 0.3 is 6.18 Å². The van der Waals surface area contributed by atoms with E-state index >= 15 is 0 Å². The zero-order valence-corrected chi connectivity index (χ0v) is 12.4. The first-order valence-corrected chi connectivity index (χ1v) is 7.53. The molecule has 0 spiro atoms. The van der Waals surface area contributed by atoms with Gasteiger partial charge in [-0.1, -0.05) is 36.0 Å². The topological polar surface area (TPSA) is 30.2 Å². The van der Waals surface area contributed by atoms with Crippen molar-refractivity contribution in [3.63, 3.8) is 0 Å². The Labute approximate surface area is 129 Å². The van der Waals surface area contributed by atoms with Gasteiger partial charge in [0.05, 0.1) is 5.56 Å². The second-order valence-electron chi connectivity index (χ2n) is 4.84. The van der Waals surface area contributed by atoms with Crippen molar-refractivity contribution in [1.29, 1.82) is 0 Å². The van der Waals surface area contributed by atoms with Gasteiger partial charge in [0.2, 0.25) is 0 Å². The summed E-state index contributed by atoms with van der Waals surface area (Å²) < 4.78 is 39.8. The van der Waals surface area contributed by atoms with Gasteiger partial charge in [0.25, 0.3) is 0 Å². The summed E-state index contributed by atoms with van der Waals surface area (Å²) in [7, 11) is 0. The fourth-order valence-corrected chi connectivity index (χ4v) is 3.04. The van der Waals surface area contributed by atoms with Crippen LogP contribution in [-0.2, 0) is 11.9 Å². The van der Waals surface area contributed by atoms with Crippen LogP contribution in [0.25, 0.3) is 5.65 Å². The maximum Gasteiger partial charge on any atom is 0.417 e. The maximum atomic E-state index is 12.8. The molecule has 0 aliphatic carbocycles. The summed E-state index contributed by atoms with van der Waals surface area (Å²) in [6.07, 6.45) is -3.34. The van der Waals surface area contributed by atoms with Gasteiger partial charge < -0.3 is 0 Å². The van der Waals surface area contributed by atoms with E-state index in [0.29, 0.717) is 16.6 Å². The molecule has 1 aromatic carbocycles. The van der Waals surface area contributed by atoms with Crippen molar-refractivity contribution in [1.82, 2.24) is 14.6 Å². The van der Waals surface area contributed by atoms with E-state index in [9.17, 15) is 13.2 Å². The fraction of sp³-hybridized carbons (Fsp3) is 0.200. The van der Waals surface area contributed by atoms with Crippen LogP contribution in [0.3, 0.4) is 0 Å². The molecule has 3 aromatic rings. The van der Waals surface area contributed by atoms with Crippen LogP contribution >= 0.6 is 11.8 Å². The molecule has 3 rings (SSSR count). The van der Waals surface area contributed by atoms with Crippen molar-refractivity contribution in [2.24, 2.45) is 0 Å². The normalized spacial score (nSPS) is 12.0. The lowest BCUT2D eigenvalue weighted by Gasteiger charge is -2.08. The Hall–Kier alpha value is -2.02. The van der Waals surface area contributed by atoms with E-state index in [2.05, 4.69) is 10.2 Å². The molecule has 0 N–H and O–H groups in total. The summed E-state index contributed by atoms with van der Waals surface area (Å²) in [5.41, 5.74) is 1.95. The lowest BCUT2D eigenvalue weighted by atomic mass is 10.1. The molecule has 0 radical (unpaired) electrons. The molecule has 0 amide bonds. The minimum absolute atomic E-state index is 0.403. The van der Waals surface area contributed by atoms with Crippen molar-refractivity contribution >= 4 is 17.4 Å². The van der Waals surface area contributed by atoms with E-state index in [1.54, 1.807) is 0 Å². The van der Waals surface area contributed by atoms with Crippen molar-refractivity contribution in [3.05, 3.63) is 59.3 Å². The number of alkyl halides is 3. The van der Waals surface area contributed by atoms with Gasteiger partial charge in [0.15, 0.2) is 10.8 Å². The van der Waals surface area contributed by atoms with Gasteiger partial charge in [0, 0.05) is 11.9 Å². The average Bonchev–Trinajstić information content (AvgIpc) is 2.88. The summed E-state index contributed by atoms with van der Waals surface area (Å²) >= 11 is 1.37. The number of nitrogens with zero attached hydrogens (tertiary/aromatic N) is 3. The minimum atomic E-state index is -4.38. The van der Waals surface area contributed by atoms with Gasteiger partial charge in [-0.3, -0.25) is 4.40 Å². The van der Waals surface area contributed by atoms with Crippen molar-refractivity contribution < 1.29 is 13.2 Å². The number of thioether (sulfide) groups is 1. The van der Waals surface area contributed by atoms with Crippen LogP contribution in [0.1, 0.15) is 16.7 Å². The highest BCUT2D eigenvalue weighted by molar-refractivity contribution is 7.98. The monoisotopic (exact) mass is 323 g/mol. The summed E-state index contributed by atoms with van der Waals surface area (Å²) in [5.74, 6) is 0.629. The summed E-state index contributed by atoms with van der Waals surface area (Å²) in [6, 6.07) is 10.2. The first kappa shape index (κ1) is 14.9. The van der Waals surface area contributed by atoms with Gasteiger partial charge in [-0.25, -0.2) is 0 Å². The van der Waals surface area contributed by atoms with Gasteiger partial charge in [-0.2, -0.15) is 13.2 Å². The Balaban J connectivity index is 1.89. The average molecular weight is 323 g/mol. The van der Waals surface area contributed by atoms with E-state index in [-0.39, 0.29) is 0 Å². The third-order valence-electron chi connectivity index (χ3n) is 3.32. The molecule has 2 aromatic heterocycles. The van der Waals surface area contributed by atoms with Crippen LogP contribution in [0, 0.1) is 6.92 Å². The Morgan fingerprint density at radius 2 is 1.86 bits per heavy atom. The second-order valence-corrected chi connectivity index (χ2v) is 5.78. The maximum absolute atomic E-state index is 12.8. The minimum Gasteiger partial charge on any atom is -0.277 e. The third-order valence-corrected chi connectivity index (χ3v) is 4.31.